The maximum atomic E-state index is 13.6. The Labute approximate surface area is 196 Å². The predicted octanol–water partition coefficient (Wildman–Crippen LogP) is 4.39. The summed E-state index contributed by atoms with van der Waals surface area (Å²) in [5, 5.41) is 3.06. The van der Waals surface area contributed by atoms with Crippen LogP contribution >= 0.6 is 0 Å². The first kappa shape index (κ1) is 21.9. The fourth-order valence-corrected chi connectivity index (χ4v) is 6.03. The molecule has 0 bridgehead atoms. The van der Waals surface area contributed by atoms with E-state index < -0.39 is 5.41 Å². The monoisotopic (exact) mass is 443 g/mol. The van der Waals surface area contributed by atoms with Gasteiger partial charge in [0, 0.05) is 43.5 Å². The van der Waals surface area contributed by atoms with Crippen molar-refractivity contribution < 1.29 is 9.59 Å². The summed E-state index contributed by atoms with van der Waals surface area (Å²) in [7, 11) is 0. The lowest BCUT2D eigenvalue weighted by molar-refractivity contribution is -0.143. The van der Waals surface area contributed by atoms with Crippen LogP contribution in [0.5, 0.6) is 0 Å². The minimum Gasteiger partial charge on any atom is -0.352 e. The minimum absolute atomic E-state index is 0.0232. The van der Waals surface area contributed by atoms with E-state index in [4.69, 9.17) is 0 Å². The topological polar surface area (TPSA) is 62.3 Å². The van der Waals surface area contributed by atoms with Crippen molar-refractivity contribution in [3.63, 3.8) is 0 Å². The first-order valence-corrected chi connectivity index (χ1v) is 12.2. The molecule has 1 aromatic carbocycles. The normalized spacial score (nSPS) is 25.2. The number of rotatable bonds is 7. The maximum absolute atomic E-state index is 13.6. The number of nitrogens with zero attached hydrogens (tertiary/aromatic N) is 2. The average molecular weight is 444 g/mol. The number of hydrogen-bond donors (Lipinski definition) is 1. The first-order valence-electron chi connectivity index (χ1n) is 12.2. The predicted molar refractivity (Wildman–Crippen MR) is 129 cm³/mol. The van der Waals surface area contributed by atoms with Gasteiger partial charge in [0.05, 0.1) is 5.41 Å². The van der Waals surface area contributed by atoms with Crippen LogP contribution in [-0.4, -0.2) is 41.3 Å². The van der Waals surface area contributed by atoms with Crippen LogP contribution in [0.1, 0.15) is 44.1 Å². The van der Waals surface area contributed by atoms with Gasteiger partial charge >= 0.3 is 0 Å². The van der Waals surface area contributed by atoms with E-state index in [9.17, 15) is 9.59 Å². The number of benzene rings is 1. The number of likely N-dealkylation sites (tertiary alicyclic amines) is 1. The average Bonchev–Trinajstić information content (AvgIpc) is 3.60. The molecule has 3 aliphatic rings. The quantitative estimate of drug-likeness (QED) is 0.646. The number of nitrogens with one attached hydrogen (secondary N) is 1. The fourth-order valence-electron chi connectivity index (χ4n) is 6.03. The first-order chi connectivity index (χ1) is 16.1. The van der Waals surface area contributed by atoms with E-state index in [1.54, 1.807) is 12.3 Å². The molecule has 0 radical (unpaired) electrons. The molecule has 0 unspecified atom stereocenters. The zero-order chi connectivity index (χ0) is 22.9. The van der Waals surface area contributed by atoms with Gasteiger partial charge in [0.15, 0.2) is 0 Å². The molecule has 172 valence electrons. The van der Waals surface area contributed by atoms with Crippen molar-refractivity contribution in [3.8, 4) is 11.1 Å². The number of pyridine rings is 1. The fraction of sp³-hybridized carbons (Fsp3) is 0.464. The maximum Gasteiger partial charge on any atom is 0.228 e. The Morgan fingerprint density at radius 3 is 2.70 bits per heavy atom. The minimum atomic E-state index is -0.642. The molecular weight excluding hydrogens is 410 g/mol. The van der Waals surface area contributed by atoms with Crippen LogP contribution < -0.4 is 5.32 Å². The lowest BCUT2D eigenvalue weighted by Crippen LogP contribution is -2.55. The number of piperidine rings is 1. The van der Waals surface area contributed by atoms with Crippen LogP contribution in [0.3, 0.4) is 0 Å². The van der Waals surface area contributed by atoms with E-state index >= 15 is 0 Å². The molecule has 2 aliphatic carbocycles. The van der Waals surface area contributed by atoms with E-state index in [1.807, 2.05) is 29.3 Å². The van der Waals surface area contributed by atoms with Crippen molar-refractivity contribution >= 4 is 11.8 Å². The molecule has 1 aliphatic heterocycles. The van der Waals surface area contributed by atoms with Crippen molar-refractivity contribution in [3.05, 3.63) is 67.0 Å². The number of hydrogen-bond acceptors (Lipinski definition) is 3. The molecule has 3 fully saturated rings. The van der Waals surface area contributed by atoms with E-state index in [0.717, 1.165) is 42.5 Å². The molecule has 33 heavy (non-hydrogen) atoms. The highest BCUT2D eigenvalue weighted by Crippen LogP contribution is 2.66. The molecule has 1 aromatic heterocycles. The summed E-state index contributed by atoms with van der Waals surface area (Å²) < 4.78 is 0. The number of carbonyl (C=O) groups is 2. The number of aromatic nitrogens is 1. The van der Waals surface area contributed by atoms with Gasteiger partial charge in [-0.15, -0.1) is 6.58 Å². The van der Waals surface area contributed by atoms with Crippen molar-refractivity contribution in [1.82, 2.24) is 15.2 Å². The van der Waals surface area contributed by atoms with Crippen LogP contribution in [0, 0.1) is 16.7 Å². The van der Waals surface area contributed by atoms with Gasteiger partial charge in [0.1, 0.15) is 0 Å². The van der Waals surface area contributed by atoms with Gasteiger partial charge in [-0.25, -0.2) is 0 Å². The molecule has 2 aromatic rings. The molecule has 5 nitrogen and oxygen atoms in total. The third-order valence-electron chi connectivity index (χ3n) is 8.13. The second-order valence-electron chi connectivity index (χ2n) is 10.2. The molecule has 2 atom stereocenters. The molecule has 2 amide bonds. The van der Waals surface area contributed by atoms with Crippen molar-refractivity contribution in [2.75, 3.05) is 19.6 Å². The van der Waals surface area contributed by atoms with E-state index in [2.05, 4.69) is 35.1 Å². The molecule has 5 rings (SSSR count). The summed E-state index contributed by atoms with van der Waals surface area (Å²) in [5.74, 6) is 0.479. The second-order valence-corrected chi connectivity index (χ2v) is 10.2. The third kappa shape index (κ3) is 4.09. The zero-order valence-electron chi connectivity index (χ0n) is 19.3. The van der Waals surface area contributed by atoms with Crippen LogP contribution in [0.2, 0.25) is 0 Å². The van der Waals surface area contributed by atoms with Crippen LogP contribution in [0.15, 0.2) is 61.4 Å². The summed E-state index contributed by atoms with van der Waals surface area (Å²) in [4.78, 5) is 33.3. The summed E-state index contributed by atoms with van der Waals surface area (Å²) in [6, 6.07) is 12.2. The standard InChI is InChI=1S/C28H33N3O2/c1-2-14-30-26(33)28(17-21-8-3-4-10-23(21)22-9-5-15-29-19-22)13-7-16-31(20-28)25(32)24-18-27(24)11-6-12-27/h2-5,8-10,15,19,24H,1,6-7,11-14,16-18,20H2,(H,30,33)/t24-,28+/m0/s1. The summed E-state index contributed by atoms with van der Waals surface area (Å²) >= 11 is 0. The highest BCUT2D eigenvalue weighted by Gasteiger charge is 2.62. The van der Waals surface area contributed by atoms with E-state index in [1.165, 1.54) is 19.3 Å². The molecule has 2 heterocycles. The van der Waals surface area contributed by atoms with Gasteiger partial charge in [-0.2, -0.15) is 0 Å². The van der Waals surface area contributed by atoms with Gasteiger partial charge in [0.2, 0.25) is 11.8 Å². The Morgan fingerprint density at radius 2 is 2.00 bits per heavy atom. The Balaban J connectivity index is 1.43. The Morgan fingerprint density at radius 1 is 1.15 bits per heavy atom. The lowest BCUT2D eigenvalue weighted by atomic mass is 9.72. The van der Waals surface area contributed by atoms with Crippen molar-refractivity contribution in [1.29, 1.82) is 0 Å². The molecule has 1 spiro atoms. The van der Waals surface area contributed by atoms with E-state index in [-0.39, 0.29) is 17.7 Å². The SMILES string of the molecule is C=CCNC(=O)[C@@]1(Cc2ccccc2-c2cccnc2)CCCN(C(=O)[C@@H]2CC23CCC3)C1. The van der Waals surface area contributed by atoms with Gasteiger partial charge in [-0.05, 0) is 61.1 Å². The number of amides is 2. The highest BCUT2D eigenvalue weighted by molar-refractivity contribution is 5.87. The summed E-state index contributed by atoms with van der Waals surface area (Å²) in [6.07, 6.45) is 12.3. The third-order valence-corrected chi connectivity index (χ3v) is 8.13. The largest absolute Gasteiger partial charge is 0.352 e. The van der Waals surface area contributed by atoms with Gasteiger partial charge in [-0.3, -0.25) is 14.6 Å². The second kappa shape index (κ2) is 8.77. The molecule has 1 N–H and O–H groups in total. The molecule has 1 saturated heterocycles. The van der Waals surface area contributed by atoms with Crippen LogP contribution in [0.25, 0.3) is 11.1 Å². The lowest BCUT2D eigenvalue weighted by Gasteiger charge is -2.42. The Kier molecular flexibility index (Phi) is 5.81. The van der Waals surface area contributed by atoms with Gasteiger partial charge in [0.25, 0.3) is 0 Å². The Bertz CT molecular complexity index is 1050. The van der Waals surface area contributed by atoms with Crippen LogP contribution in [0.4, 0.5) is 0 Å². The summed E-state index contributed by atoms with van der Waals surface area (Å²) in [6.45, 7) is 5.44. The molecule has 5 heteroatoms. The number of carbonyl (C=O) groups excluding carboxylic acids is 2. The van der Waals surface area contributed by atoms with Gasteiger partial charge in [-0.1, -0.05) is 42.8 Å². The molecule has 2 saturated carbocycles. The highest BCUT2D eigenvalue weighted by atomic mass is 16.2. The molecular formula is C28H33N3O2. The van der Waals surface area contributed by atoms with Crippen LogP contribution in [-0.2, 0) is 16.0 Å². The van der Waals surface area contributed by atoms with E-state index in [0.29, 0.717) is 24.9 Å². The Hall–Kier alpha value is -2.95. The smallest absolute Gasteiger partial charge is 0.228 e. The van der Waals surface area contributed by atoms with Crippen molar-refractivity contribution in [2.45, 2.75) is 44.9 Å². The van der Waals surface area contributed by atoms with Crippen molar-refractivity contribution in [2.24, 2.45) is 16.7 Å². The summed E-state index contributed by atoms with van der Waals surface area (Å²) in [5.41, 5.74) is 2.92. The zero-order valence-corrected chi connectivity index (χ0v) is 19.3. The van der Waals surface area contributed by atoms with Gasteiger partial charge < -0.3 is 10.2 Å².